The Morgan fingerprint density at radius 2 is 2.29 bits per heavy atom. The molecule has 0 unspecified atom stereocenters. The summed E-state index contributed by atoms with van der Waals surface area (Å²) in [6.45, 7) is 6.33. The van der Waals surface area contributed by atoms with Crippen LogP contribution in [-0.4, -0.2) is 17.1 Å². The summed E-state index contributed by atoms with van der Waals surface area (Å²) in [5.41, 5.74) is 0.665. The lowest BCUT2D eigenvalue weighted by atomic mass is 10.2. The molecule has 0 atom stereocenters. The van der Waals surface area contributed by atoms with Crippen LogP contribution in [0.5, 0.6) is 0 Å². The predicted octanol–water partition coefficient (Wildman–Crippen LogP) is 1.78. The third-order valence-corrected chi connectivity index (χ3v) is 1.85. The molecule has 1 aromatic rings. The number of aryl methyl sites for hydroxylation is 1. The summed E-state index contributed by atoms with van der Waals surface area (Å²) in [7, 11) is 0. The van der Waals surface area contributed by atoms with Gasteiger partial charge >= 0.3 is 5.97 Å². The molecule has 0 bridgehead atoms. The van der Waals surface area contributed by atoms with E-state index in [2.05, 4.69) is 5.32 Å². The van der Waals surface area contributed by atoms with Gasteiger partial charge < -0.3 is 14.8 Å². The van der Waals surface area contributed by atoms with Crippen molar-refractivity contribution in [2.45, 2.75) is 33.4 Å². The van der Waals surface area contributed by atoms with Crippen LogP contribution in [0.1, 0.15) is 35.7 Å². The van der Waals surface area contributed by atoms with E-state index >= 15 is 0 Å². The van der Waals surface area contributed by atoms with Gasteiger partial charge in [-0.05, 0) is 13.0 Å². The quantitative estimate of drug-likeness (QED) is 0.772. The lowest BCUT2D eigenvalue weighted by molar-refractivity contribution is 0.0659. The number of hydrogen-bond acceptors (Lipinski definition) is 3. The molecule has 1 rings (SSSR count). The molecular formula is C10H15NO3. The maximum Gasteiger partial charge on any atom is 0.372 e. The van der Waals surface area contributed by atoms with Gasteiger partial charge in [0.25, 0.3) is 0 Å². The van der Waals surface area contributed by atoms with Crippen LogP contribution in [0.15, 0.2) is 10.5 Å². The van der Waals surface area contributed by atoms with Gasteiger partial charge in [-0.3, -0.25) is 0 Å². The lowest BCUT2D eigenvalue weighted by Gasteiger charge is -2.04. The van der Waals surface area contributed by atoms with E-state index in [1.54, 1.807) is 13.0 Å². The molecule has 0 aliphatic heterocycles. The molecule has 1 aromatic heterocycles. The Morgan fingerprint density at radius 3 is 2.71 bits per heavy atom. The number of furan rings is 1. The van der Waals surface area contributed by atoms with E-state index in [0.29, 0.717) is 23.9 Å². The fourth-order valence-corrected chi connectivity index (χ4v) is 1.15. The number of carboxylic acid groups (broad SMARTS) is 1. The first-order chi connectivity index (χ1) is 6.50. The second-order valence-corrected chi connectivity index (χ2v) is 3.57. The number of aromatic carboxylic acids is 1. The molecule has 1 heterocycles. The van der Waals surface area contributed by atoms with Crippen molar-refractivity contribution >= 4 is 5.97 Å². The van der Waals surface area contributed by atoms with Crippen molar-refractivity contribution in [2.75, 3.05) is 0 Å². The monoisotopic (exact) mass is 197 g/mol. The first kappa shape index (κ1) is 10.8. The molecule has 78 valence electrons. The standard InChI is InChI=1S/C10H15NO3/c1-6(2)11-5-8-4-7(3)9(14-8)10(12)13/h4,6,11H,5H2,1-3H3,(H,12,13). The Hall–Kier alpha value is -1.29. The largest absolute Gasteiger partial charge is 0.475 e. The van der Waals surface area contributed by atoms with Crippen LogP contribution < -0.4 is 5.32 Å². The van der Waals surface area contributed by atoms with Gasteiger partial charge in [-0.2, -0.15) is 0 Å². The van der Waals surface area contributed by atoms with Gasteiger partial charge in [-0.25, -0.2) is 4.79 Å². The van der Waals surface area contributed by atoms with E-state index in [1.165, 1.54) is 0 Å². The maximum absolute atomic E-state index is 10.7. The van der Waals surface area contributed by atoms with Crippen molar-refractivity contribution in [3.8, 4) is 0 Å². The van der Waals surface area contributed by atoms with Crippen molar-refractivity contribution in [3.05, 3.63) is 23.2 Å². The normalized spacial score (nSPS) is 10.9. The summed E-state index contributed by atoms with van der Waals surface area (Å²) >= 11 is 0. The number of hydrogen-bond donors (Lipinski definition) is 2. The van der Waals surface area contributed by atoms with Gasteiger partial charge in [0.15, 0.2) is 0 Å². The molecule has 0 aliphatic rings. The Kier molecular flexibility index (Phi) is 3.30. The van der Waals surface area contributed by atoms with Crippen molar-refractivity contribution in [2.24, 2.45) is 0 Å². The summed E-state index contributed by atoms with van der Waals surface area (Å²) in [6, 6.07) is 2.10. The average molecular weight is 197 g/mol. The summed E-state index contributed by atoms with van der Waals surface area (Å²) in [6.07, 6.45) is 0. The minimum atomic E-state index is -1.02. The highest BCUT2D eigenvalue weighted by Crippen LogP contribution is 2.14. The second-order valence-electron chi connectivity index (χ2n) is 3.57. The Bertz CT molecular complexity index is 328. The molecule has 0 saturated heterocycles. The fourth-order valence-electron chi connectivity index (χ4n) is 1.15. The van der Waals surface area contributed by atoms with Crippen LogP contribution in [0.2, 0.25) is 0 Å². The number of carboxylic acids is 1. The third kappa shape index (κ3) is 2.60. The fraction of sp³-hybridized carbons (Fsp3) is 0.500. The molecule has 2 N–H and O–H groups in total. The van der Waals surface area contributed by atoms with Crippen LogP contribution in [-0.2, 0) is 6.54 Å². The number of carbonyl (C=O) groups is 1. The first-order valence-electron chi connectivity index (χ1n) is 4.56. The van der Waals surface area contributed by atoms with E-state index in [-0.39, 0.29) is 5.76 Å². The summed E-state index contributed by atoms with van der Waals surface area (Å²) < 4.78 is 5.16. The van der Waals surface area contributed by atoms with E-state index in [0.717, 1.165) is 0 Å². The SMILES string of the molecule is Cc1cc(CNC(C)C)oc1C(=O)O. The van der Waals surface area contributed by atoms with Crippen molar-refractivity contribution in [1.29, 1.82) is 0 Å². The van der Waals surface area contributed by atoms with Crippen LogP contribution >= 0.6 is 0 Å². The lowest BCUT2D eigenvalue weighted by Crippen LogP contribution is -2.21. The molecular weight excluding hydrogens is 182 g/mol. The van der Waals surface area contributed by atoms with E-state index in [9.17, 15) is 4.79 Å². The highest BCUT2D eigenvalue weighted by atomic mass is 16.4. The van der Waals surface area contributed by atoms with Gasteiger partial charge in [-0.15, -0.1) is 0 Å². The van der Waals surface area contributed by atoms with Crippen LogP contribution in [0, 0.1) is 6.92 Å². The van der Waals surface area contributed by atoms with Gasteiger partial charge in [0, 0.05) is 11.6 Å². The smallest absolute Gasteiger partial charge is 0.372 e. The van der Waals surface area contributed by atoms with Crippen LogP contribution in [0.3, 0.4) is 0 Å². The minimum Gasteiger partial charge on any atom is -0.475 e. The molecule has 4 nitrogen and oxygen atoms in total. The Morgan fingerprint density at radius 1 is 1.64 bits per heavy atom. The second kappa shape index (κ2) is 4.28. The summed E-state index contributed by atoms with van der Waals surface area (Å²) in [5, 5.41) is 11.9. The van der Waals surface area contributed by atoms with Crippen LogP contribution in [0.4, 0.5) is 0 Å². The van der Waals surface area contributed by atoms with Gasteiger partial charge in [0.2, 0.25) is 5.76 Å². The summed E-state index contributed by atoms with van der Waals surface area (Å²) in [4.78, 5) is 10.7. The third-order valence-electron chi connectivity index (χ3n) is 1.85. The molecule has 0 aromatic carbocycles. The van der Waals surface area contributed by atoms with Gasteiger partial charge in [-0.1, -0.05) is 13.8 Å². The zero-order chi connectivity index (χ0) is 10.7. The zero-order valence-electron chi connectivity index (χ0n) is 8.63. The van der Waals surface area contributed by atoms with E-state index in [1.807, 2.05) is 13.8 Å². The zero-order valence-corrected chi connectivity index (χ0v) is 8.63. The molecule has 0 saturated carbocycles. The molecule has 0 fully saturated rings. The van der Waals surface area contributed by atoms with Crippen LogP contribution in [0.25, 0.3) is 0 Å². The molecule has 4 heteroatoms. The molecule has 0 radical (unpaired) electrons. The van der Waals surface area contributed by atoms with Crippen molar-refractivity contribution < 1.29 is 14.3 Å². The number of nitrogens with one attached hydrogen (secondary N) is 1. The Balaban J connectivity index is 2.71. The van der Waals surface area contributed by atoms with E-state index in [4.69, 9.17) is 9.52 Å². The minimum absolute atomic E-state index is 0.0329. The van der Waals surface area contributed by atoms with E-state index < -0.39 is 5.97 Å². The first-order valence-corrected chi connectivity index (χ1v) is 4.56. The van der Waals surface area contributed by atoms with Gasteiger partial charge in [0.05, 0.1) is 6.54 Å². The predicted molar refractivity (Wildman–Crippen MR) is 52.4 cm³/mol. The molecule has 0 aliphatic carbocycles. The molecule has 0 amide bonds. The number of rotatable bonds is 4. The average Bonchev–Trinajstić information content (AvgIpc) is 2.43. The molecule has 0 spiro atoms. The summed E-state index contributed by atoms with van der Waals surface area (Å²) in [5.74, 6) is -0.322. The van der Waals surface area contributed by atoms with Crippen molar-refractivity contribution in [1.82, 2.24) is 5.32 Å². The highest BCUT2D eigenvalue weighted by molar-refractivity contribution is 5.86. The molecule has 14 heavy (non-hydrogen) atoms. The Labute approximate surface area is 82.9 Å². The van der Waals surface area contributed by atoms with Crippen molar-refractivity contribution in [3.63, 3.8) is 0 Å². The maximum atomic E-state index is 10.7. The van der Waals surface area contributed by atoms with Gasteiger partial charge in [0.1, 0.15) is 5.76 Å². The highest BCUT2D eigenvalue weighted by Gasteiger charge is 2.13. The topological polar surface area (TPSA) is 62.5 Å².